The SMILES string of the molecule is Cc1cc(Cl)ccc1CC[C@@H](C)O. The smallest absolute Gasteiger partial charge is 0.0515 e. The summed E-state index contributed by atoms with van der Waals surface area (Å²) in [7, 11) is 0. The van der Waals surface area contributed by atoms with E-state index in [4.69, 9.17) is 16.7 Å². The van der Waals surface area contributed by atoms with Crippen molar-refractivity contribution in [1.82, 2.24) is 0 Å². The van der Waals surface area contributed by atoms with E-state index < -0.39 is 0 Å². The Morgan fingerprint density at radius 2 is 2.15 bits per heavy atom. The van der Waals surface area contributed by atoms with Crippen molar-refractivity contribution in [2.75, 3.05) is 0 Å². The third-order valence-corrected chi connectivity index (χ3v) is 2.37. The zero-order chi connectivity index (χ0) is 9.84. The van der Waals surface area contributed by atoms with Crippen LogP contribution >= 0.6 is 11.6 Å². The number of rotatable bonds is 3. The van der Waals surface area contributed by atoms with Crippen LogP contribution in [0.3, 0.4) is 0 Å². The van der Waals surface area contributed by atoms with Gasteiger partial charge in [-0.25, -0.2) is 0 Å². The number of aliphatic hydroxyl groups excluding tert-OH is 1. The maximum atomic E-state index is 9.13. The summed E-state index contributed by atoms with van der Waals surface area (Å²) < 4.78 is 0. The average Bonchev–Trinajstić information content (AvgIpc) is 2.02. The minimum absolute atomic E-state index is 0.227. The van der Waals surface area contributed by atoms with Crippen LogP contribution in [0.2, 0.25) is 5.02 Å². The first-order chi connectivity index (χ1) is 6.09. The maximum Gasteiger partial charge on any atom is 0.0515 e. The van der Waals surface area contributed by atoms with Gasteiger partial charge in [0.05, 0.1) is 6.10 Å². The molecule has 1 rings (SSSR count). The van der Waals surface area contributed by atoms with Crippen LogP contribution in [0.1, 0.15) is 24.5 Å². The number of hydrogen-bond acceptors (Lipinski definition) is 1. The van der Waals surface area contributed by atoms with Gasteiger partial charge in [-0.2, -0.15) is 0 Å². The van der Waals surface area contributed by atoms with Crippen molar-refractivity contribution in [2.24, 2.45) is 0 Å². The molecular weight excluding hydrogens is 184 g/mol. The fourth-order valence-electron chi connectivity index (χ4n) is 1.30. The zero-order valence-electron chi connectivity index (χ0n) is 8.05. The highest BCUT2D eigenvalue weighted by atomic mass is 35.5. The first-order valence-electron chi connectivity index (χ1n) is 4.52. The molecule has 1 aromatic rings. The van der Waals surface area contributed by atoms with Crippen LogP contribution < -0.4 is 0 Å². The lowest BCUT2D eigenvalue weighted by atomic mass is 10.0. The Morgan fingerprint density at radius 1 is 1.46 bits per heavy atom. The van der Waals surface area contributed by atoms with Gasteiger partial charge in [0.25, 0.3) is 0 Å². The predicted molar refractivity (Wildman–Crippen MR) is 56.2 cm³/mol. The Hall–Kier alpha value is -0.530. The van der Waals surface area contributed by atoms with E-state index in [0.717, 1.165) is 17.9 Å². The second-order valence-electron chi connectivity index (χ2n) is 3.46. The summed E-state index contributed by atoms with van der Waals surface area (Å²) in [5.41, 5.74) is 2.47. The van der Waals surface area contributed by atoms with Crippen molar-refractivity contribution in [3.8, 4) is 0 Å². The van der Waals surface area contributed by atoms with Crippen LogP contribution in [0.25, 0.3) is 0 Å². The average molecular weight is 199 g/mol. The molecule has 0 aliphatic heterocycles. The molecule has 0 unspecified atom stereocenters. The Balaban J connectivity index is 2.67. The van der Waals surface area contributed by atoms with Gasteiger partial charge in [0.1, 0.15) is 0 Å². The molecule has 1 N–H and O–H groups in total. The summed E-state index contributed by atoms with van der Waals surface area (Å²) >= 11 is 5.83. The second kappa shape index (κ2) is 4.64. The van der Waals surface area contributed by atoms with E-state index in [1.165, 1.54) is 11.1 Å². The van der Waals surface area contributed by atoms with Crippen LogP contribution in [-0.2, 0) is 6.42 Å². The molecule has 0 fully saturated rings. The van der Waals surface area contributed by atoms with Crippen molar-refractivity contribution < 1.29 is 5.11 Å². The maximum absolute atomic E-state index is 9.13. The standard InChI is InChI=1S/C11H15ClO/c1-8-7-11(12)6-5-10(8)4-3-9(2)13/h5-7,9,13H,3-4H2,1-2H3/t9-/m1/s1. The van der Waals surface area contributed by atoms with Crippen LogP contribution in [0.15, 0.2) is 18.2 Å². The van der Waals surface area contributed by atoms with Crippen LogP contribution in [0, 0.1) is 6.92 Å². The molecule has 0 bridgehead atoms. The molecule has 0 amide bonds. The topological polar surface area (TPSA) is 20.2 Å². The molecule has 0 aliphatic carbocycles. The Morgan fingerprint density at radius 3 is 2.69 bits per heavy atom. The van der Waals surface area contributed by atoms with E-state index in [2.05, 4.69) is 0 Å². The Labute approximate surface area is 84.4 Å². The molecule has 1 nitrogen and oxygen atoms in total. The highest BCUT2D eigenvalue weighted by Gasteiger charge is 2.01. The van der Waals surface area contributed by atoms with Gasteiger partial charge in [0, 0.05) is 5.02 Å². The normalized spacial score (nSPS) is 12.9. The first-order valence-corrected chi connectivity index (χ1v) is 4.90. The predicted octanol–water partition coefficient (Wildman–Crippen LogP) is 2.96. The molecule has 0 radical (unpaired) electrons. The van der Waals surface area contributed by atoms with Gasteiger partial charge < -0.3 is 5.11 Å². The fourth-order valence-corrected chi connectivity index (χ4v) is 1.53. The van der Waals surface area contributed by atoms with Crippen molar-refractivity contribution in [2.45, 2.75) is 32.8 Å². The molecule has 2 heteroatoms. The minimum Gasteiger partial charge on any atom is -0.393 e. The quantitative estimate of drug-likeness (QED) is 0.792. The summed E-state index contributed by atoms with van der Waals surface area (Å²) in [6.07, 6.45) is 1.50. The summed E-state index contributed by atoms with van der Waals surface area (Å²) in [6.45, 7) is 3.86. The first kappa shape index (κ1) is 10.6. The fraction of sp³-hybridized carbons (Fsp3) is 0.455. The highest BCUT2D eigenvalue weighted by Crippen LogP contribution is 2.16. The summed E-state index contributed by atoms with van der Waals surface area (Å²) in [6, 6.07) is 5.88. The van der Waals surface area contributed by atoms with E-state index in [0.29, 0.717) is 0 Å². The van der Waals surface area contributed by atoms with E-state index in [-0.39, 0.29) is 6.10 Å². The zero-order valence-corrected chi connectivity index (χ0v) is 8.80. The molecule has 0 aliphatic rings. The third-order valence-electron chi connectivity index (χ3n) is 2.14. The van der Waals surface area contributed by atoms with Crippen molar-refractivity contribution in [1.29, 1.82) is 0 Å². The summed E-state index contributed by atoms with van der Waals surface area (Å²) in [5.74, 6) is 0. The molecule has 0 saturated carbocycles. The number of benzene rings is 1. The van der Waals surface area contributed by atoms with E-state index in [1.807, 2.05) is 32.0 Å². The third kappa shape index (κ3) is 3.37. The van der Waals surface area contributed by atoms with E-state index in [9.17, 15) is 0 Å². The molecule has 0 aromatic heterocycles. The lowest BCUT2D eigenvalue weighted by molar-refractivity contribution is 0.185. The van der Waals surface area contributed by atoms with Crippen molar-refractivity contribution in [3.63, 3.8) is 0 Å². The Kier molecular flexibility index (Phi) is 3.76. The van der Waals surface area contributed by atoms with Gasteiger partial charge in [-0.1, -0.05) is 17.7 Å². The highest BCUT2D eigenvalue weighted by molar-refractivity contribution is 6.30. The van der Waals surface area contributed by atoms with Crippen molar-refractivity contribution >= 4 is 11.6 Å². The molecule has 1 aromatic carbocycles. The van der Waals surface area contributed by atoms with E-state index >= 15 is 0 Å². The van der Waals surface area contributed by atoms with Crippen LogP contribution in [-0.4, -0.2) is 11.2 Å². The molecule has 1 atom stereocenters. The van der Waals surface area contributed by atoms with Crippen LogP contribution in [0.4, 0.5) is 0 Å². The van der Waals surface area contributed by atoms with Gasteiger partial charge in [0.15, 0.2) is 0 Å². The van der Waals surface area contributed by atoms with Gasteiger partial charge in [-0.3, -0.25) is 0 Å². The summed E-state index contributed by atoms with van der Waals surface area (Å²) in [4.78, 5) is 0. The lowest BCUT2D eigenvalue weighted by Gasteiger charge is -2.07. The van der Waals surface area contributed by atoms with Crippen LogP contribution in [0.5, 0.6) is 0 Å². The molecule has 0 spiro atoms. The van der Waals surface area contributed by atoms with Gasteiger partial charge in [0.2, 0.25) is 0 Å². The van der Waals surface area contributed by atoms with E-state index in [1.54, 1.807) is 0 Å². The Bertz CT molecular complexity index is 281. The van der Waals surface area contributed by atoms with Crippen molar-refractivity contribution in [3.05, 3.63) is 34.3 Å². The molecule has 0 heterocycles. The molecule has 13 heavy (non-hydrogen) atoms. The second-order valence-corrected chi connectivity index (χ2v) is 3.89. The molecule has 72 valence electrons. The summed E-state index contributed by atoms with van der Waals surface area (Å²) in [5, 5.41) is 9.91. The molecular formula is C11H15ClO. The lowest BCUT2D eigenvalue weighted by Crippen LogP contribution is -2.02. The number of halogens is 1. The number of hydrogen-bond donors (Lipinski definition) is 1. The molecule has 0 saturated heterocycles. The van der Waals surface area contributed by atoms with Gasteiger partial charge >= 0.3 is 0 Å². The minimum atomic E-state index is -0.227. The number of aryl methyl sites for hydroxylation is 2. The van der Waals surface area contributed by atoms with Gasteiger partial charge in [-0.05, 0) is 49.9 Å². The number of aliphatic hydroxyl groups is 1. The van der Waals surface area contributed by atoms with Gasteiger partial charge in [-0.15, -0.1) is 0 Å². The largest absolute Gasteiger partial charge is 0.393 e. The monoisotopic (exact) mass is 198 g/mol.